The van der Waals surface area contributed by atoms with Crippen LogP contribution in [0.15, 0.2) is 12.1 Å². The first-order valence-corrected chi connectivity index (χ1v) is 5.64. The molecule has 1 aliphatic rings. The van der Waals surface area contributed by atoms with E-state index in [4.69, 9.17) is 0 Å². The Morgan fingerprint density at radius 3 is 2.58 bits per heavy atom. The van der Waals surface area contributed by atoms with Crippen LogP contribution in [-0.2, 0) is 0 Å². The van der Waals surface area contributed by atoms with Crippen molar-refractivity contribution in [1.82, 2.24) is 10.2 Å². The molecule has 1 saturated heterocycles. The minimum absolute atomic E-state index is 0. The van der Waals surface area contributed by atoms with Crippen LogP contribution < -0.4 is 5.32 Å². The second-order valence-electron chi connectivity index (χ2n) is 4.25. The lowest BCUT2D eigenvalue weighted by molar-refractivity contribution is 0.0783. The molecule has 2 rings (SSSR count). The van der Waals surface area contributed by atoms with Crippen LogP contribution in [0.1, 0.15) is 16.8 Å². The summed E-state index contributed by atoms with van der Waals surface area (Å²) >= 11 is 0. The minimum Gasteiger partial charge on any atom is -0.337 e. The van der Waals surface area contributed by atoms with Gasteiger partial charge in [0.15, 0.2) is 17.5 Å². The Hall–Kier alpha value is -1.27. The summed E-state index contributed by atoms with van der Waals surface area (Å²) in [4.78, 5) is 13.4. The summed E-state index contributed by atoms with van der Waals surface area (Å²) in [6.45, 7) is 0.913. The number of hydrogen-bond acceptors (Lipinski definition) is 2. The quantitative estimate of drug-likeness (QED) is 0.846. The van der Waals surface area contributed by atoms with E-state index in [1.54, 1.807) is 7.05 Å². The number of nitrogens with one attached hydrogen (secondary N) is 1. The lowest BCUT2D eigenvalue weighted by atomic mass is 10.1. The van der Waals surface area contributed by atoms with E-state index in [2.05, 4.69) is 5.32 Å². The van der Waals surface area contributed by atoms with Gasteiger partial charge in [0, 0.05) is 19.1 Å². The average molecular weight is 295 g/mol. The van der Waals surface area contributed by atoms with Crippen molar-refractivity contribution in [2.75, 3.05) is 20.1 Å². The third kappa shape index (κ3) is 3.01. The van der Waals surface area contributed by atoms with Crippen LogP contribution in [0.2, 0.25) is 0 Å². The highest BCUT2D eigenvalue weighted by molar-refractivity contribution is 5.94. The van der Waals surface area contributed by atoms with Crippen molar-refractivity contribution in [1.29, 1.82) is 0 Å². The van der Waals surface area contributed by atoms with Crippen LogP contribution in [-0.4, -0.2) is 37.0 Å². The number of carbonyl (C=O) groups excluding carboxylic acids is 1. The van der Waals surface area contributed by atoms with E-state index in [-0.39, 0.29) is 18.4 Å². The van der Waals surface area contributed by atoms with Gasteiger partial charge >= 0.3 is 0 Å². The van der Waals surface area contributed by atoms with E-state index in [1.165, 1.54) is 4.90 Å². The van der Waals surface area contributed by atoms with Crippen LogP contribution in [0.5, 0.6) is 0 Å². The van der Waals surface area contributed by atoms with Gasteiger partial charge in [0.1, 0.15) is 0 Å². The Morgan fingerprint density at radius 2 is 2.00 bits per heavy atom. The van der Waals surface area contributed by atoms with Crippen molar-refractivity contribution in [3.05, 3.63) is 35.1 Å². The molecule has 7 heteroatoms. The number of halogens is 4. The Bertz CT molecular complexity index is 484. The standard InChI is InChI=1S/C12H13F3N2O.ClH/c1-16-7-4-5-17(6-7)12(18)8-2-3-9(13)11(15)10(8)14;/h2-3,7,16H,4-6H2,1H3;1H. The van der Waals surface area contributed by atoms with Gasteiger partial charge < -0.3 is 10.2 Å². The van der Waals surface area contributed by atoms with E-state index in [0.717, 1.165) is 18.6 Å². The molecule has 3 nitrogen and oxygen atoms in total. The topological polar surface area (TPSA) is 32.3 Å². The predicted octanol–water partition coefficient (Wildman–Crippen LogP) is 1.96. The highest BCUT2D eigenvalue weighted by Gasteiger charge is 2.28. The molecule has 106 valence electrons. The van der Waals surface area contributed by atoms with Gasteiger partial charge in [-0.05, 0) is 25.6 Å². The van der Waals surface area contributed by atoms with Crippen LogP contribution in [0, 0.1) is 17.5 Å². The first-order chi connectivity index (χ1) is 8.54. The van der Waals surface area contributed by atoms with Crippen molar-refractivity contribution in [3.63, 3.8) is 0 Å². The number of hydrogen-bond donors (Lipinski definition) is 1. The van der Waals surface area contributed by atoms with Gasteiger partial charge in [0.25, 0.3) is 5.91 Å². The SMILES string of the molecule is CNC1CCN(C(=O)c2ccc(F)c(F)c2F)C1.Cl. The third-order valence-electron chi connectivity index (χ3n) is 3.15. The molecule has 0 bridgehead atoms. The van der Waals surface area contributed by atoms with Crippen LogP contribution in [0.25, 0.3) is 0 Å². The molecule has 1 unspecified atom stereocenters. The molecule has 0 aromatic heterocycles. The lowest BCUT2D eigenvalue weighted by Gasteiger charge is -2.17. The van der Waals surface area contributed by atoms with Crippen LogP contribution >= 0.6 is 12.4 Å². The first-order valence-electron chi connectivity index (χ1n) is 5.64. The number of likely N-dealkylation sites (N-methyl/N-ethyl adjacent to an activating group) is 1. The smallest absolute Gasteiger partial charge is 0.256 e. The highest BCUT2D eigenvalue weighted by atomic mass is 35.5. The number of benzene rings is 1. The fourth-order valence-electron chi connectivity index (χ4n) is 2.04. The number of carbonyl (C=O) groups is 1. The Kier molecular flexibility index (Phi) is 5.20. The van der Waals surface area contributed by atoms with E-state index in [0.29, 0.717) is 13.1 Å². The van der Waals surface area contributed by atoms with Crippen molar-refractivity contribution in [2.24, 2.45) is 0 Å². The summed E-state index contributed by atoms with van der Waals surface area (Å²) in [5.74, 6) is -4.93. The van der Waals surface area contributed by atoms with Gasteiger partial charge in [-0.2, -0.15) is 0 Å². The van der Waals surface area contributed by atoms with E-state index in [1.807, 2.05) is 0 Å². The molecule has 1 heterocycles. The number of likely N-dealkylation sites (tertiary alicyclic amines) is 1. The summed E-state index contributed by atoms with van der Waals surface area (Å²) in [6.07, 6.45) is 0.757. The van der Waals surface area contributed by atoms with Crippen LogP contribution in [0.4, 0.5) is 13.2 Å². The van der Waals surface area contributed by atoms with Crippen molar-refractivity contribution in [3.8, 4) is 0 Å². The van der Waals surface area contributed by atoms with E-state index < -0.39 is 28.9 Å². The van der Waals surface area contributed by atoms with Crippen LogP contribution in [0.3, 0.4) is 0 Å². The first kappa shape index (κ1) is 15.8. The predicted molar refractivity (Wildman–Crippen MR) is 66.9 cm³/mol. The summed E-state index contributed by atoms with van der Waals surface area (Å²) in [7, 11) is 1.77. The third-order valence-corrected chi connectivity index (χ3v) is 3.15. The molecule has 0 spiro atoms. The molecule has 1 N–H and O–H groups in total. The van der Waals surface area contributed by atoms with Gasteiger partial charge in [0.2, 0.25) is 0 Å². The van der Waals surface area contributed by atoms with Crippen molar-refractivity contribution >= 4 is 18.3 Å². The summed E-state index contributed by atoms with van der Waals surface area (Å²) in [6, 6.07) is 1.89. The monoisotopic (exact) mass is 294 g/mol. The molecular weight excluding hydrogens is 281 g/mol. The zero-order chi connectivity index (χ0) is 13.3. The molecular formula is C12H14ClF3N2O. The molecule has 0 saturated carbocycles. The second-order valence-corrected chi connectivity index (χ2v) is 4.25. The summed E-state index contributed by atoms with van der Waals surface area (Å²) in [5, 5.41) is 3.01. The molecule has 1 amide bonds. The zero-order valence-electron chi connectivity index (χ0n) is 10.3. The Morgan fingerprint density at radius 1 is 1.32 bits per heavy atom. The van der Waals surface area contributed by atoms with Gasteiger partial charge in [-0.15, -0.1) is 12.4 Å². The van der Waals surface area contributed by atoms with Crippen molar-refractivity contribution in [2.45, 2.75) is 12.5 Å². The fourth-order valence-corrected chi connectivity index (χ4v) is 2.04. The van der Waals surface area contributed by atoms with Gasteiger partial charge in [-0.1, -0.05) is 0 Å². The number of nitrogens with zero attached hydrogens (tertiary/aromatic N) is 1. The van der Waals surface area contributed by atoms with Gasteiger partial charge in [-0.3, -0.25) is 4.79 Å². The number of rotatable bonds is 2. The largest absolute Gasteiger partial charge is 0.337 e. The zero-order valence-corrected chi connectivity index (χ0v) is 11.1. The maximum absolute atomic E-state index is 13.5. The Labute approximate surface area is 115 Å². The van der Waals surface area contributed by atoms with Gasteiger partial charge in [0.05, 0.1) is 5.56 Å². The lowest BCUT2D eigenvalue weighted by Crippen LogP contribution is -2.34. The molecule has 1 fully saturated rings. The molecule has 0 radical (unpaired) electrons. The molecule has 1 aromatic rings. The molecule has 1 aromatic carbocycles. The second kappa shape index (κ2) is 6.25. The number of amides is 1. The Balaban J connectivity index is 0.00000180. The van der Waals surface area contributed by atoms with Crippen molar-refractivity contribution < 1.29 is 18.0 Å². The minimum atomic E-state index is -1.61. The normalized spacial score (nSPS) is 18.3. The average Bonchev–Trinajstić information content (AvgIpc) is 2.84. The molecule has 19 heavy (non-hydrogen) atoms. The van der Waals surface area contributed by atoms with E-state index >= 15 is 0 Å². The summed E-state index contributed by atoms with van der Waals surface area (Å²) < 4.78 is 39.3. The summed E-state index contributed by atoms with van der Waals surface area (Å²) in [5.41, 5.74) is -0.425. The molecule has 1 atom stereocenters. The maximum atomic E-state index is 13.5. The fraction of sp³-hybridized carbons (Fsp3) is 0.417. The van der Waals surface area contributed by atoms with Gasteiger partial charge in [-0.25, -0.2) is 13.2 Å². The molecule has 1 aliphatic heterocycles. The highest BCUT2D eigenvalue weighted by Crippen LogP contribution is 2.19. The maximum Gasteiger partial charge on any atom is 0.256 e. The van der Waals surface area contributed by atoms with E-state index in [9.17, 15) is 18.0 Å². The molecule has 0 aliphatic carbocycles.